The summed E-state index contributed by atoms with van der Waals surface area (Å²) in [5.41, 5.74) is 3.71. The van der Waals surface area contributed by atoms with Crippen LogP contribution in [0.1, 0.15) is 54.9 Å². The minimum absolute atomic E-state index is 0.122. The van der Waals surface area contributed by atoms with Crippen LogP contribution in [0.2, 0.25) is 0 Å². The molecule has 1 heterocycles. The second-order valence-electron chi connectivity index (χ2n) is 6.45. The largest absolute Gasteiger partial charge is 0.378 e. The molecule has 0 aliphatic carbocycles. The lowest BCUT2D eigenvalue weighted by atomic mass is 9.98. The van der Waals surface area contributed by atoms with E-state index in [2.05, 4.69) is 71.1 Å². The highest BCUT2D eigenvalue weighted by molar-refractivity contribution is 7.12. The van der Waals surface area contributed by atoms with Gasteiger partial charge in [-0.1, -0.05) is 32.9 Å². The van der Waals surface area contributed by atoms with E-state index in [1.165, 1.54) is 21.1 Å². The number of nitrogens with zero attached hydrogens (tertiary/aromatic N) is 1. The number of benzene rings is 1. The van der Waals surface area contributed by atoms with E-state index in [1.54, 1.807) is 0 Å². The van der Waals surface area contributed by atoms with Crippen molar-refractivity contribution < 1.29 is 0 Å². The molecule has 0 aliphatic heterocycles. The molecule has 0 bridgehead atoms. The smallest absolute Gasteiger partial charge is 0.0985 e. The summed E-state index contributed by atoms with van der Waals surface area (Å²) >= 11 is 1.82. The van der Waals surface area contributed by atoms with Crippen molar-refractivity contribution in [3.8, 4) is 0 Å². The molecular formula is C17H24N2S. The summed E-state index contributed by atoms with van der Waals surface area (Å²) < 4.78 is 0. The molecule has 20 heavy (non-hydrogen) atoms. The Morgan fingerprint density at radius 1 is 1.20 bits per heavy atom. The van der Waals surface area contributed by atoms with Crippen molar-refractivity contribution in [2.45, 2.75) is 53.0 Å². The first kappa shape index (κ1) is 15.0. The van der Waals surface area contributed by atoms with Gasteiger partial charge in [0.25, 0.3) is 0 Å². The first-order chi connectivity index (χ1) is 9.27. The second kappa shape index (κ2) is 5.57. The SMILES string of the molecule is Cc1cccc(NC(C)c2sc(C(C)(C)C)nc2C)c1. The van der Waals surface area contributed by atoms with Gasteiger partial charge >= 0.3 is 0 Å². The van der Waals surface area contributed by atoms with Gasteiger partial charge in [0.15, 0.2) is 0 Å². The molecule has 2 nitrogen and oxygen atoms in total. The molecule has 0 saturated carbocycles. The fourth-order valence-electron chi connectivity index (χ4n) is 2.18. The van der Waals surface area contributed by atoms with E-state index >= 15 is 0 Å². The third-order valence-electron chi connectivity index (χ3n) is 3.27. The molecule has 0 aliphatic rings. The van der Waals surface area contributed by atoms with Gasteiger partial charge in [0.1, 0.15) is 0 Å². The van der Waals surface area contributed by atoms with E-state index in [9.17, 15) is 0 Å². The van der Waals surface area contributed by atoms with Crippen LogP contribution in [0.25, 0.3) is 0 Å². The van der Waals surface area contributed by atoms with E-state index in [4.69, 9.17) is 4.98 Å². The van der Waals surface area contributed by atoms with Gasteiger partial charge in [-0.2, -0.15) is 0 Å². The highest BCUT2D eigenvalue weighted by Gasteiger charge is 2.22. The summed E-state index contributed by atoms with van der Waals surface area (Å²) in [6.07, 6.45) is 0. The molecular weight excluding hydrogens is 264 g/mol. The lowest BCUT2D eigenvalue weighted by molar-refractivity contribution is 0.584. The Hall–Kier alpha value is -1.35. The lowest BCUT2D eigenvalue weighted by Gasteiger charge is -2.15. The van der Waals surface area contributed by atoms with E-state index in [0.29, 0.717) is 0 Å². The Bertz CT molecular complexity index is 593. The molecule has 1 N–H and O–H groups in total. The highest BCUT2D eigenvalue weighted by atomic mass is 32.1. The van der Waals surface area contributed by atoms with Crippen molar-refractivity contribution in [3.63, 3.8) is 0 Å². The zero-order valence-electron chi connectivity index (χ0n) is 13.2. The summed E-state index contributed by atoms with van der Waals surface area (Å²) in [6.45, 7) is 13.1. The molecule has 1 unspecified atom stereocenters. The van der Waals surface area contributed by atoms with Gasteiger partial charge in [0.05, 0.1) is 16.7 Å². The summed E-state index contributed by atoms with van der Waals surface area (Å²) in [6, 6.07) is 8.78. The Labute approximate surface area is 126 Å². The summed E-state index contributed by atoms with van der Waals surface area (Å²) in [5, 5.41) is 4.79. The Morgan fingerprint density at radius 3 is 2.45 bits per heavy atom. The second-order valence-corrected chi connectivity index (χ2v) is 7.48. The number of hydrogen-bond acceptors (Lipinski definition) is 3. The Kier molecular flexibility index (Phi) is 4.19. The summed E-state index contributed by atoms with van der Waals surface area (Å²) in [5.74, 6) is 0. The van der Waals surface area contributed by atoms with E-state index < -0.39 is 0 Å². The zero-order chi connectivity index (χ0) is 14.9. The van der Waals surface area contributed by atoms with Crippen molar-refractivity contribution in [2.24, 2.45) is 0 Å². The quantitative estimate of drug-likeness (QED) is 0.836. The molecule has 108 valence electrons. The molecule has 2 aromatic rings. The van der Waals surface area contributed by atoms with Crippen LogP contribution in [0.4, 0.5) is 5.69 Å². The van der Waals surface area contributed by atoms with Crippen molar-refractivity contribution in [3.05, 3.63) is 45.4 Å². The monoisotopic (exact) mass is 288 g/mol. The molecule has 1 atom stereocenters. The summed E-state index contributed by atoms with van der Waals surface area (Å²) in [4.78, 5) is 6.07. The maximum absolute atomic E-state index is 4.74. The molecule has 0 fully saturated rings. The van der Waals surface area contributed by atoms with Crippen LogP contribution in [0, 0.1) is 13.8 Å². The molecule has 0 radical (unpaired) electrons. The molecule has 1 aromatic heterocycles. The van der Waals surface area contributed by atoms with Gasteiger partial charge in [-0.05, 0) is 38.5 Å². The Balaban J connectivity index is 2.21. The fraction of sp³-hybridized carbons (Fsp3) is 0.471. The number of rotatable bonds is 3. The average molecular weight is 288 g/mol. The highest BCUT2D eigenvalue weighted by Crippen LogP contribution is 2.33. The van der Waals surface area contributed by atoms with E-state index in [1.807, 2.05) is 11.3 Å². The van der Waals surface area contributed by atoms with Crippen LogP contribution >= 0.6 is 11.3 Å². The number of aromatic nitrogens is 1. The maximum Gasteiger partial charge on any atom is 0.0985 e. The average Bonchev–Trinajstić information content (AvgIpc) is 2.71. The first-order valence-corrected chi connectivity index (χ1v) is 7.90. The van der Waals surface area contributed by atoms with E-state index in [0.717, 1.165) is 5.69 Å². The molecule has 0 spiro atoms. The predicted octanol–water partition coefficient (Wildman–Crippen LogP) is 5.23. The standard InChI is InChI=1S/C17H24N2S/c1-11-8-7-9-14(10-11)18-12(2)15-13(3)19-16(20-15)17(4,5)6/h7-10,12,18H,1-6H3. The fourth-order valence-corrected chi connectivity index (χ4v) is 3.31. The topological polar surface area (TPSA) is 24.9 Å². The van der Waals surface area contributed by atoms with Gasteiger partial charge < -0.3 is 5.32 Å². The van der Waals surface area contributed by atoms with Gasteiger partial charge in [-0.15, -0.1) is 11.3 Å². The van der Waals surface area contributed by atoms with Gasteiger partial charge in [0.2, 0.25) is 0 Å². The third kappa shape index (κ3) is 3.40. The van der Waals surface area contributed by atoms with Gasteiger partial charge in [-0.3, -0.25) is 0 Å². The van der Waals surface area contributed by atoms with Crippen LogP contribution < -0.4 is 5.32 Å². The van der Waals surface area contributed by atoms with Gasteiger partial charge in [0, 0.05) is 16.0 Å². The molecule has 0 saturated heterocycles. The van der Waals surface area contributed by atoms with E-state index in [-0.39, 0.29) is 11.5 Å². The van der Waals surface area contributed by atoms with Crippen LogP contribution in [0.15, 0.2) is 24.3 Å². The number of thiazole rings is 1. The van der Waals surface area contributed by atoms with Crippen molar-refractivity contribution in [2.75, 3.05) is 5.32 Å². The van der Waals surface area contributed by atoms with Crippen molar-refractivity contribution >= 4 is 17.0 Å². The van der Waals surface area contributed by atoms with Crippen LogP contribution in [0.5, 0.6) is 0 Å². The summed E-state index contributed by atoms with van der Waals surface area (Å²) in [7, 11) is 0. The van der Waals surface area contributed by atoms with Crippen LogP contribution in [-0.4, -0.2) is 4.98 Å². The Morgan fingerprint density at radius 2 is 1.90 bits per heavy atom. The molecule has 0 amide bonds. The number of hydrogen-bond donors (Lipinski definition) is 1. The minimum atomic E-state index is 0.122. The minimum Gasteiger partial charge on any atom is -0.378 e. The van der Waals surface area contributed by atoms with Gasteiger partial charge in [-0.25, -0.2) is 4.98 Å². The number of nitrogens with one attached hydrogen (secondary N) is 1. The van der Waals surface area contributed by atoms with Crippen molar-refractivity contribution in [1.82, 2.24) is 4.98 Å². The predicted molar refractivity (Wildman–Crippen MR) is 88.8 cm³/mol. The zero-order valence-corrected chi connectivity index (χ0v) is 14.1. The molecule has 2 rings (SSSR count). The molecule has 3 heteroatoms. The van der Waals surface area contributed by atoms with Crippen LogP contribution in [-0.2, 0) is 5.41 Å². The maximum atomic E-state index is 4.74. The normalized spacial score (nSPS) is 13.3. The van der Waals surface area contributed by atoms with Crippen molar-refractivity contribution in [1.29, 1.82) is 0 Å². The molecule has 1 aromatic carbocycles. The first-order valence-electron chi connectivity index (χ1n) is 7.08. The third-order valence-corrected chi connectivity index (χ3v) is 5.03. The lowest BCUT2D eigenvalue weighted by Crippen LogP contribution is -2.10. The number of aryl methyl sites for hydroxylation is 2. The van der Waals surface area contributed by atoms with Crippen LogP contribution in [0.3, 0.4) is 0 Å². The number of anilines is 1.